The van der Waals surface area contributed by atoms with E-state index in [0.29, 0.717) is 6.61 Å². The zero-order chi connectivity index (χ0) is 10.1. The number of imidazole rings is 1. The molecule has 2 rings (SSSR count). The van der Waals surface area contributed by atoms with Crippen molar-refractivity contribution in [1.82, 2.24) is 9.32 Å². The van der Waals surface area contributed by atoms with Gasteiger partial charge in [-0.15, -0.1) is 0 Å². The second kappa shape index (κ2) is 3.97. The van der Waals surface area contributed by atoms with Crippen molar-refractivity contribution in [2.24, 2.45) is 0 Å². The summed E-state index contributed by atoms with van der Waals surface area (Å²) >= 11 is 3.43. The highest BCUT2D eigenvalue weighted by Crippen LogP contribution is 2.22. The molecule has 1 aromatic heterocycles. The largest absolute Gasteiger partial charge is 0.377 e. The van der Waals surface area contributed by atoms with Crippen molar-refractivity contribution in [3.8, 4) is 0 Å². The van der Waals surface area contributed by atoms with E-state index in [1.165, 1.54) is 0 Å². The number of ether oxygens (including phenoxy) is 1. The second-order valence-corrected chi connectivity index (χ2v) is 4.40. The molecule has 74 valence electrons. The third kappa shape index (κ3) is 1.70. The SMILES string of the molecule is COCc1nc2ccc(Br)cc2n1P. The van der Waals surface area contributed by atoms with Crippen LogP contribution in [0.2, 0.25) is 0 Å². The predicted molar refractivity (Wildman–Crippen MR) is 63.3 cm³/mol. The van der Waals surface area contributed by atoms with E-state index in [9.17, 15) is 0 Å². The van der Waals surface area contributed by atoms with Crippen LogP contribution < -0.4 is 0 Å². The van der Waals surface area contributed by atoms with Crippen molar-refractivity contribution in [2.75, 3.05) is 7.11 Å². The summed E-state index contributed by atoms with van der Waals surface area (Å²) < 4.78 is 8.08. The zero-order valence-corrected chi connectivity index (χ0v) is 10.4. The monoisotopic (exact) mass is 272 g/mol. The number of hydrogen-bond donors (Lipinski definition) is 0. The lowest BCUT2D eigenvalue weighted by Gasteiger charge is -1.99. The van der Waals surface area contributed by atoms with E-state index in [1.54, 1.807) is 7.11 Å². The van der Waals surface area contributed by atoms with E-state index in [1.807, 2.05) is 22.5 Å². The smallest absolute Gasteiger partial charge is 0.138 e. The van der Waals surface area contributed by atoms with Crippen molar-refractivity contribution in [3.63, 3.8) is 0 Å². The van der Waals surface area contributed by atoms with Crippen molar-refractivity contribution in [1.29, 1.82) is 0 Å². The highest BCUT2D eigenvalue weighted by molar-refractivity contribution is 9.10. The molecule has 0 aliphatic rings. The third-order valence-corrected chi connectivity index (χ3v) is 3.07. The van der Waals surface area contributed by atoms with Crippen LogP contribution in [0.25, 0.3) is 11.0 Å². The molecule has 14 heavy (non-hydrogen) atoms. The van der Waals surface area contributed by atoms with Gasteiger partial charge in [0.25, 0.3) is 0 Å². The summed E-state index contributed by atoms with van der Waals surface area (Å²) in [6, 6.07) is 6.00. The molecule has 1 heterocycles. The Balaban J connectivity index is 2.62. The molecule has 0 saturated carbocycles. The molecule has 2 aromatic rings. The van der Waals surface area contributed by atoms with Gasteiger partial charge < -0.3 is 9.07 Å². The summed E-state index contributed by atoms with van der Waals surface area (Å²) in [5.74, 6) is 0.908. The van der Waals surface area contributed by atoms with Crippen molar-refractivity contribution < 1.29 is 4.74 Å². The maximum absolute atomic E-state index is 5.06. The molecule has 0 bridgehead atoms. The van der Waals surface area contributed by atoms with E-state index in [2.05, 4.69) is 30.3 Å². The standard InChI is InChI=1S/C9H10BrN2OP/c1-13-5-9-11-7-3-2-6(10)4-8(7)12(9)14/h2-4H,5,14H2,1H3. The lowest BCUT2D eigenvalue weighted by atomic mass is 10.3. The van der Waals surface area contributed by atoms with Gasteiger partial charge in [-0.1, -0.05) is 15.9 Å². The average Bonchev–Trinajstić information content (AvgIpc) is 2.46. The first-order valence-electron chi connectivity index (χ1n) is 4.13. The van der Waals surface area contributed by atoms with Crippen LogP contribution in [0.3, 0.4) is 0 Å². The highest BCUT2D eigenvalue weighted by atomic mass is 79.9. The fraction of sp³-hybridized carbons (Fsp3) is 0.222. The molecule has 1 atom stereocenters. The molecule has 0 aliphatic heterocycles. The summed E-state index contributed by atoms with van der Waals surface area (Å²) in [6.45, 7) is 0.524. The lowest BCUT2D eigenvalue weighted by Crippen LogP contribution is -1.93. The van der Waals surface area contributed by atoms with E-state index in [-0.39, 0.29) is 0 Å². The molecule has 3 nitrogen and oxygen atoms in total. The van der Waals surface area contributed by atoms with E-state index >= 15 is 0 Å². The fourth-order valence-corrected chi connectivity index (χ4v) is 2.04. The van der Waals surface area contributed by atoms with Gasteiger partial charge in [-0.25, -0.2) is 4.98 Å². The van der Waals surface area contributed by atoms with E-state index in [4.69, 9.17) is 4.74 Å². The number of benzene rings is 1. The molecule has 0 saturated heterocycles. The van der Waals surface area contributed by atoms with Crippen molar-refractivity contribution in [3.05, 3.63) is 28.5 Å². The molecule has 5 heteroatoms. The number of rotatable bonds is 2. The van der Waals surface area contributed by atoms with Gasteiger partial charge >= 0.3 is 0 Å². The molecule has 0 aliphatic carbocycles. The van der Waals surface area contributed by atoms with Crippen LogP contribution in [-0.2, 0) is 11.3 Å². The van der Waals surface area contributed by atoms with Crippen LogP contribution in [0.5, 0.6) is 0 Å². The van der Waals surface area contributed by atoms with Gasteiger partial charge in [0.05, 0.1) is 11.0 Å². The Kier molecular flexibility index (Phi) is 2.86. The fourth-order valence-electron chi connectivity index (χ4n) is 1.35. The minimum Gasteiger partial charge on any atom is -0.377 e. The van der Waals surface area contributed by atoms with Crippen LogP contribution in [0, 0.1) is 0 Å². The number of halogens is 1. The first-order chi connectivity index (χ1) is 6.72. The number of methoxy groups -OCH3 is 1. The first kappa shape index (κ1) is 10.1. The molecule has 0 N–H and O–H groups in total. The van der Waals surface area contributed by atoms with Gasteiger partial charge in [-0.05, 0) is 27.6 Å². The number of hydrogen-bond acceptors (Lipinski definition) is 2. The minimum absolute atomic E-state index is 0.524. The molecular formula is C9H10BrN2OP. The van der Waals surface area contributed by atoms with Crippen molar-refractivity contribution in [2.45, 2.75) is 6.61 Å². The molecule has 0 amide bonds. The van der Waals surface area contributed by atoms with E-state index in [0.717, 1.165) is 21.3 Å². The Morgan fingerprint density at radius 2 is 2.36 bits per heavy atom. The topological polar surface area (TPSA) is 27.1 Å². The lowest BCUT2D eigenvalue weighted by molar-refractivity contribution is 0.178. The molecule has 1 aromatic carbocycles. The quantitative estimate of drug-likeness (QED) is 0.786. The summed E-state index contributed by atoms with van der Waals surface area (Å²) in [5.41, 5.74) is 2.06. The minimum atomic E-state index is 0.524. The molecule has 0 spiro atoms. The highest BCUT2D eigenvalue weighted by Gasteiger charge is 2.06. The van der Waals surface area contributed by atoms with Gasteiger partial charge in [-0.3, -0.25) is 0 Å². The van der Waals surface area contributed by atoms with Gasteiger partial charge in [0.2, 0.25) is 0 Å². The van der Waals surface area contributed by atoms with Crippen LogP contribution in [0.4, 0.5) is 0 Å². The normalized spacial score (nSPS) is 11.1. The summed E-state index contributed by atoms with van der Waals surface area (Å²) in [4.78, 5) is 4.44. The number of nitrogens with zero attached hydrogens (tertiary/aromatic N) is 2. The summed E-state index contributed by atoms with van der Waals surface area (Å²) in [5, 5.41) is 0. The molecule has 0 radical (unpaired) electrons. The van der Waals surface area contributed by atoms with Crippen LogP contribution in [0.1, 0.15) is 5.82 Å². The number of fused-ring (bicyclic) bond motifs is 1. The Hall–Kier alpha value is -0.440. The van der Waals surface area contributed by atoms with Crippen LogP contribution in [-0.4, -0.2) is 16.4 Å². The predicted octanol–water partition coefficient (Wildman–Crippen LogP) is 2.58. The zero-order valence-electron chi connectivity index (χ0n) is 7.70. The van der Waals surface area contributed by atoms with Crippen LogP contribution >= 0.6 is 25.3 Å². The van der Waals surface area contributed by atoms with E-state index < -0.39 is 0 Å². The maximum Gasteiger partial charge on any atom is 0.138 e. The van der Waals surface area contributed by atoms with Gasteiger partial charge in [0.15, 0.2) is 0 Å². The van der Waals surface area contributed by atoms with Gasteiger partial charge in [-0.2, -0.15) is 0 Å². The van der Waals surface area contributed by atoms with Gasteiger partial charge in [0.1, 0.15) is 12.4 Å². The summed E-state index contributed by atoms with van der Waals surface area (Å²) in [7, 11) is 4.30. The van der Waals surface area contributed by atoms with Gasteiger partial charge in [0, 0.05) is 11.6 Å². The Morgan fingerprint density at radius 3 is 3.07 bits per heavy atom. The maximum atomic E-state index is 5.06. The Bertz CT molecular complexity index is 469. The Labute approximate surface area is 92.8 Å². The average molecular weight is 273 g/mol. The number of aromatic nitrogens is 2. The molecular weight excluding hydrogens is 263 g/mol. The molecule has 0 fully saturated rings. The van der Waals surface area contributed by atoms with Crippen molar-refractivity contribution >= 4 is 36.4 Å². The summed E-state index contributed by atoms with van der Waals surface area (Å²) in [6.07, 6.45) is 0. The van der Waals surface area contributed by atoms with Crippen LogP contribution in [0.15, 0.2) is 22.7 Å². The first-order valence-corrected chi connectivity index (χ1v) is 5.44. The second-order valence-electron chi connectivity index (χ2n) is 2.96. The Morgan fingerprint density at radius 1 is 1.57 bits per heavy atom. The third-order valence-electron chi connectivity index (χ3n) is 2.00. The molecule has 1 unspecified atom stereocenters.